The standard InChI is InChI=1S/C35H42ClFN8O2/c1-38-20-26-21-44(18-19-45(26)34(46)29(37)14-16-41(2)3)33-27-13-17-43(31-12-6-9-24-8-5-11-28(36)32(24)31)22-30(27)39-35(40-33)47-23-25-10-7-15-42(25)4/h5-6,8-9,11-12,14,25-26H,7,10,13,15-23H2,2-4H3/b29-14+/t25-,26-/m0/s1. The number of carbonyl (C=O) groups excluding carboxylic acids is 1. The first-order chi connectivity index (χ1) is 22.7. The minimum atomic E-state index is -0.789. The van der Waals surface area contributed by atoms with Gasteiger partial charge in [0, 0.05) is 55.4 Å². The Morgan fingerprint density at radius 2 is 1.94 bits per heavy atom. The van der Waals surface area contributed by atoms with Gasteiger partial charge in [0.25, 0.3) is 5.91 Å². The SMILES string of the molecule is [C-]#[N+]C[C@H]1CN(c2nc(OC[C@@H]3CCCN3C)nc3c2CCN(c2cccc4cccc(Cl)c24)C3)CCN1C(=O)/C(F)=C\CN(C)C. The van der Waals surface area contributed by atoms with Crippen molar-refractivity contribution in [2.45, 2.75) is 37.9 Å². The van der Waals surface area contributed by atoms with Gasteiger partial charge in [-0.15, -0.1) is 0 Å². The van der Waals surface area contributed by atoms with Crippen LogP contribution in [0.5, 0.6) is 6.01 Å². The molecule has 1 aromatic heterocycles. The van der Waals surface area contributed by atoms with E-state index in [0.29, 0.717) is 56.3 Å². The number of carbonyl (C=O) groups is 1. The largest absolute Gasteiger partial charge is 0.462 e. The van der Waals surface area contributed by atoms with Crippen molar-refractivity contribution in [3.05, 3.63) is 76.0 Å². The number of piperazine rings is 1. The molecule has 4 heterocycles. The van der Waals surface area contributed by atoms with E-state index < -0.39 is 17.8 Å². The van der Waals surface area contributed by atoms with Crippen LogP contribution in [0.1, 0.15) is 24.1 Å². The van der Waals surface area contributed by atoms with Gasteiger partial charge in [-0.1, -0.05) is 35.9 Å². The summed E-state index contributed by atoms with van der Waals surface area (Å²) in [5.74, 6) is -0.687. The molecular formula is C35H42ClFN8O2. The maximum atomic E-state index is 14.9. The van der Waals surface area contributed by atoms with Crippen LogP contribution in [0, 0.1) is 6.57 Å². The molecule has 2 aromatic carbocycles. The molecule has 0 bridgehead atoms. The molecule has 3 aromatic rings. The molecule has 6 rings (SSSR count). The average Bonchev–Trinajstić information content (AvgIpc) is 3.49. The van der Waals surface area contributed by atoms with Gasteiger partial charge in [0.2, 0.25) is 6.54 Å². The highest BCUT2D eigenvalue weighted by Gasteiger charge is 2.37. The molecule has 0 saturated carbocycles. The average molecular weight is 661 g/mol. The fourth-order valence-corrected chi connectivity index (χ4v) is 7.16. The van der Waals surface area contributed by atoms with E-state index in [-0.39, 0.29) is 13.1 Å². The third kappa shape index (κ3) is 7.15. The molecule has 3 aliphatic heterocycles. The third-order valence-electron chi connectivity index (χ3n) is 9.46. The summed E-state index contributed by atoms with van der Waals surface area (Å²) in [5, 5.41) is 2.81. The van der Waals surface area contributed by atoms with Crippen LogP contribution in [-0.4, -0.2) is 116 Å². The van der Waals surface area contributed by atoms with Gasteiger partial charge in [-0.2, -0.15) is 9.97 Å². The summed E-state index contributed by atoms with van der Waals surface area (Å²) in [6.07, 6.45) is 4.20. The number of hydrogen-bond donors (Lipinski definition) is 0. The Hall–Kier alpha value is -3.98. The van der Waals surface area contributed by atoms with Crippen molar-refractivity contribution >= 4 is 39.8 Å². The monoisotopic (exact) mass is 660 g/mol. The van der Waals surface area contributed by atoms with Gasteiger partial charge in [0.05, 0.1) is 17.3 Å². The summed E-state index contributed by atoms with van der Waals surface area (Å²) in [5.41, 5.74) is 2.98. The topological polar surface area (TPSA) is 72.6 Å². The minimum Gasteiger partial charge on any atom is -0.462 e. The lowest BCUT2D eigenvalue weighted by molar-refractivity contribution is -0.131. The predicted molar refractivity (Wildman–Crippen MR) is 184 cm³/mol. The zero-order valence-electron chi connectivity index (χ0n) is 27.3. The van der Waals surface area contributed by atoms with E-state index >= 15 is 0 Å². The number of hydrogen-bond acceptors (Lipinski definition) is 8. The lowest BCUT2D eigenvalue weighted by atomic mass is 10.0. The molecule has 2 atom stereocenters. The Labute approximate surface area is 281 Å². The lowest BCUT2D eigenvalue weighted by Crippen LogP contribution is -2.57. The molecule has 0 N–H and O–H groups in total. The second kappa shape index (κ2) is 14.4. The van der Waals surface area contributed by atoms with Crippen molar-refractivity contribution in [1.82, 2.24) is 24.7 Å². The van der Waals surface area contributed by atoms with Gasteiger partial charge in [-0.25, -0.2) is 11.0 Å². The molecule has 0 spiro atoms. The Morgan fingerprint density at radius 1 is 1.13 bits per heavy atom. The normalized spacial score (nSPS) is 20.5. The zero-order chi connectivity index (χ0) is 33.1. The molecule has 2 fully saturated rings. The molecule has 248 valence electrons. The minimum absolute atomic E-state index is 0.0729. The molecule has 0 radical (unpaired) electrons. The quantitative estimate of drug-likeness (QED) is 0.242. The second-order valence-electron chi connectivity index (χ2n) is 12.9. The van der Waals surface area contributed by atoms with Crippen molar-refractivity contribution in [1.29, 1.82) is 0 Å². The van der Waals surface area contributed by atoms with E-state index in [0.717, 1.165) is 59.5 Å². The van der Waals surface area contributed by atoms with Gasteiger partial charge in [-0.05, 0) is 70.5 Å². The van der Waals surface area contributed by atoms with Gasteiger partial charge >= 0.3 is 6.01 Å². The van der Waals surface area contributed by atoms with Crippen LogP contribution in [0.3, 0.4) is 0 Å². The van der Waals surface area contributed by atoms with Crippen LogP contribution < -0.4 is 14.5 Å². The Morgan fingerprint density at radius 3 is 2.68 bits per heavy atom. The first-order valence-electron chi connectivity index (χ1n) is 16.3. The first kappa shape index (κ1) is 32.9. The van der Waals surface area contributed by atoms with Gasteiger partial charge in [0.1, 0.15) is 18.5 Å². The van der Waals surface area contributed by atoms with Crippen molar-refractivity contribution in [2.75, 3.05) is 83.4 Å². The smallest absolute Gasteiger partial charge is 0.318 e. The van der Waals surface area contributed by atoms with Crippen LogP contribution in [0.4, 0.5) is 15.9 Å². The Kier molecular flexibility index (Phi) is 10.1. The Bertz CT molecular complexity index is 1690. The number of rotatable bonds is 9. The molecular weight excluding hydrogens is 619 g/mol. The van der Waals surface area contributed by atoms with Crippen LogP contribution in [0.2, 0.25) is 5.02 Å². The second-order valence-corrected chi connectivity index (χ2v) is 13.3. The number of nitrogens with zero attached hydrogens (tertiary/aromatic N) is 8. The number of benzene rings is 2. The predicted octanol–water partition coefficient (Wildman–Crippen LogP) is 4.67. The van der Waals surface area contributed by atoms with Crippen LogP contribution >= 0.6 is 11.6 Å². The van der Waals surface area contributed by atoms with Crippen molar-refractivity contribution < 1.29 is 13.9 Å². The third-order valence-corrected chi connectivity index (χ3v) is 9.77. The maximum absolute atomic E-state index is 14.9. The van der Waals surface area contributed by atoms with Crippen molar-refractivity contribution in [3.63, 3.8) is 0 Å². The number of fused-ring (bicyclic) bond motifs is 2. The number of likely N-dealkylation sites (tertiary alicyclic amines) is 1. The molecule has 0 aliphatic carbocycles. The highest BCUT2D eigenvalue weighted by atomic mass is 35.5. The number of amides is 1. The number of ether oxygens (including phenoxy) is 1. The summed E-state index contributed by atoms with van der Waals surface area (Å²) in [6, 6.07) is 12.3. The van der Waals surface area contributed by atoms with Gasteiger partial charge in [-0.3, -0.25) is 4.79 Å². The first-order valence-corrected chi connectivity index (χ1v) is 16.7. The summed E-state index contributed by atoms with van der Waals surface area (Å²) in [4.78, 5) is 36.7. The number of halogens is 2. The number of aromatic nitrogens is 2. The number of likely N-dealkylation sites (N-methyl/N-ethyl adjacent to an activating group) is 2. The van der Waals surface area contributed by atoms with Crippen LogP contribution in [0.25, 0.3) is 15.6 Å². The molecule has 12 heteroatoms. The van der Waals surface area contributed by atoms with Gasteiger partial charge < -0.3 is 34.1 Å². The lowest BCUT2D eigenvalue weighted by Gasteiger charge is -2.41. The van der Waals surface area contributed by atoms with E-state index in [9.17, 15) is 9.18 Å². The summed E-state index contributed by atoms with van der Waals surface area (Å²) >= 11 is 6.71. The van der Waals surface area contributed by atoms with E-state index in [1.807, 2.05) is 26.2 Å². The van der Waals surface area contributed by atoms with E-state index in [1.54, 1.807) is 4.90 Å². The van der Waals surface area contributed by atoms with E-state index in [2.05, 4.69) is 50.9 Å². The molecule has 2 saturated heterocycles. The summed E-state index contributed by atoms with van der Waals surface area (Å²) in [7, 11) is 5.75. The van der Waals surface area contributed by atoms with Gasteiger partial charge in [0.15, 0.2) is 5.83 Å². The van der Waals surface area contributed by atoms with E-state index in [4.69, 9.17) is 32.9 Å². The van der Waals surface area contributed by atoms with Crippen molar-refractivity contribution in [3.8, 4) is 6.01 Å². The van der Waals surface area contributed by atoms with E-state index in [1.165, 1.54) is 11.0 Å². The fourth-order valence-electron chi connectivity index (χ4n) is 6.88. The highest BCUT2D eigenvalue weighted by molar-refractivity contribution is 6.36. The zero-order valence-corrected chi connectivity index (χ0v) is 28.1. The summed E-state index contributed by atoms with van der Waals surface area (Å²) < 4.78 is 21.2. The molecule has 1 amide bonds. The molecule has 47 heavy (non-hydrogen) atoms. The summed E-state index contributed by atoms with van der Waals surface area (Å²) in [6.45, 7) is 11.9. The van der Waals surface area contributed by atoms with Crippen molar-refractivity contribution in [2.24, 2.45) is 0 Å². The Balaban J connectivity index is 1.31. The molecule has 10 nitrogen and oxygen atoms in total. The van der Waals surface area contributed by atoms with Crippen LogP contribution in [0.15, 0.2) is 48.3 Å². The highest BCUT2D eigenvalue weighted by Crippen LogP contribution is 2.37. The molecule has 3 aliphatic rings. The maximum Gasteiger partial charge on any atom is 0.318 e. The molecule has 0 unspecified atom stereocenters. The number of anilines is 2. The fraction of sp³-hybridized carbons (Fsp3) is 0.486. The van der Waals surface area contributed by atoms with Crippen LogP contribution in [-0.2, 0) is 17.8 Å².